The summed E-state index contributed by atoms with van der Waals surface area (Å²) >= 11 is 0. The van der Waals surface area contributed by atoms with Crippen LogP contribution in [0.25, 0.3) is 0 Å². The Balaban J connectivity index is 2.10. The molecule has 0 spiro atoms. The van der Waals surface area contributed by atoms with Crippen molar-refractivity contribution in [3.63, 3.8) is 0 Å². The second-order valence-electron chi connectivity index (χ2n) is 8.54. The first kappa shape index (κ1) is 20.7. The molecule has 1 aromatic rings. The maximum atomic E-state index is 11.3. The van der Waals surface area contributed by atoms with Crippen molar-refractivity contribution < 1.29 is 5.11 Å². The molecule has 2 atom stereocenters. The lowest BCUT2D eigenvalue weighted by atomic mass is 9.84. The lowest BCUT2D eigenvalue weighted by Crippen LogP contribution is -2.38. The van der Waals surface area contributed by atoms with Crippen LogP contribution in [-0.4, -0.2) is 28.1 Å². The predicted molar refractivity (Wildman–Crippen MR) is 120 cm³/mol. The van der Waals surface area contributed by atoms with Crippen LogP contribution in [0.4, 0.5) is 0 Å². The Morgan fingerprint density at radius 1 is 1.07 bits per heavy atom. The molecule has 2 nitrogen and oxygen atoms in total. The van der Waals surface area contributed by atoms with Crippen LogP contribution in [-0.2, 0) is 0 Å². The molecule has 0 amide bonds. The standard InChI is InChI=1S/C24H37NOS/c1-5-25(6-2)27(18-17-22(19-27)20-13-9-7-10-14-20)23(24(3,4)26)21-15-11-8-12-16-21/h8,11-12,15-20,23,26H,5-7,9-10,13-14H2,1-4H3. The van der Waals surface area contributed by atoms with Crippen molar-refractivity contribution in [3.05, 3.63) is 58.4 Å². The summed E-state index contributed by atoms with van der Waals surface area (Å²) in [5, 5.41) is 16.5. The summed E-state index contributed by atoms with van der Waals surface area (Å²) in [5.41, 5.74) is 1.99. The molecule has 1 aliphatic heterocycles. The molecule has 27 heavy (non-hydrogen) atoms. The van der Waals surface area contributed by atoms with Crippen LogP contribution in [0.15, 0.2) is 52.8 Å². The quantitative estimate of drug-likeness (QED) is 0.573. The van der Waals surface area contributed by atoms with Gasteiger partial charge in [0.25, 0.3) is 0 Å². The van der Waals surface area contributed by atoms with E-state index >= 15 is 0 Å². The molecule has 1 heterocycles. The number of benzene rings is 1. The fraction of sp³-hybridized carbons (Fsp3) is 0.583. The predicted octanol–water partition coefficient (Wildman–Crippen LogP) is 6.55. The van der Waals surface area contributed by atoms with Gasteiger partial charge in [-0.3, -0.25) is 4.31 Å². The van der Waals surface area contributed by atoms with Crippen LogP contribution in [0.5, 0.6) is 0 Å². The molecule has 0 saturated heterocycles. The second-order valence-corrected chi connectivity index (χ2v) is 11.5. The first-order valence-corrected chi connectivity index (χ1v) is 12.4. The van der Waals surface area contributed by atoms with Crippen molar-refractivity contribution in [2.45, 2.75) is 70.7 Å². The molecule has 0 bridgehead atoms. The van der Waals surface area contributed by atoms with Crippen LogP contribution in [0, 0.1) is 5.92 Å². The van der Waals surface area contributed by atoms with Crippen molar-refractivity contribution in [3.8, 4) is 0 Å². The van der Waals surface area contributed by atoms with Gasteiger partial charge >= 0.3 is 0 Å². The number of aliphatic hydroxyl groups is 1. The molecule has 1 aromatic carbocycles. The normalized spacial score (nSPS) is 27.4. The third kappa shape index (κ3) is 4.21. The molecule has 2 aliphatic rings. The van der Waals surface area contributed by atoms with E-state index in [2.05, 4.69) is 65.4 Å². The summed E-state index contributed by atoms with van der Waals surface area (Å²) in [7, 11) is -1.41. The average molecular weight is 388 g/mol. The van der Waals surface area contributed by atoms with E-state index in [4.69, 9.17) is 0 Å². The van der Waals surface area contributed by atoms with Crippen LogP contribution in [0.1, 0.15) is 70.6 Å². The minimum Gasteiger partial charge on any atom is -0.389 e. The molecule has 3 heteroatoms. The summed E-state index contributed by atoms with van der Waals surface area (Å²) in [4.78, 5) is 0. The molecule has 0 aromatic heterocycles. The Morgan fingerprint density at radius 2 is 1.70 bits per heavy atom. The topological polar surface area (TPSA) is 23.5 Å². The monoisotopic (exact) mass is 387 g/mol. The maximum absolute atomic E-state index is 11.3. The van der Waals surface area contributed by atoms with E-state index in [1.807, 2.05) is 13.8 Å². The lowest BCUT2D eigenvalue weighted by molar-refractivity contribution is 0.0754. The van der Waals surface area contributed by atoms with E-state index in [1.54, 1.807) is 0 Å². The van der Waals surface area contributed by atoms with Crippen LogP contribution in [0.2, 0.25) is 0 Å². The van der Waals surface area contributed by atoms with Crippen molar-refractivity contribution in [1.82, 2.24) is 4.31 Å². The van der Waals surface area contributed by atoms with E-state index in [9.17, 15) is 5.11 Å². The molecule has 0 radical (unpaired) electrons. The highest BCUT2D eigenvalue weighted by Gasteiger charge is 2.45. The van der Waals surface area contributed by atoms with Gasteiger partial charge in [0.2, 0.25) is 0 Å². The molecule has 1 aliphatic carbocycles. The largest absolute Gasteiger partial charge is 0.389 e. The summed E-state index contributed by atoms with van der Waals surface area (Å²) in [6.45, 7) is 10.5. The molecule has 1 fully saturated rings. The molecular formula is C24H37NOS. The molecule has 1 saturated carbocycles. The van der Waals surface area contributed by atoms with Gasteiger partial charge in [0, 0.05) is 13.1 Å². The van der Waals surface area contributed by atoms with Gasteiger partial charge in [-0.1, -0.05) is 69.5 Å². The third-order valence-electron chi connectivity index (χ3n) is 6.15. The van der Waals surface area contributed by atoms with Crippen molar-refractivity contribution in [1.29, 1.82) is 0 Å². The smallest absolute Gasteiger partial charge is 0.0753 e. The van der Waals surface area contributed by atoms with Crippen molar-refractivity contribution >= 4 is 10.2 Å². The number of rotatable bonds is 7. The van der Waals surface area contributed by atoms with Crippen LogP contribution in [0.3, 0.4) is 0 Å². The molecule has 2 unspecified atom stereocenters. The molecule has 3 rings (SSSR count). The first-order chi connectivity index (χ1) is 12.9. The van der Waals surface area contributed by atoms with Crippen LogP contribution < -0.4 is 0 Å². The van der Waals surface area contributed by atoms with Gasteiger partial charge < -0.3 is 5.11 Å². The Morgan fingerprint density at radius 3 is 2.26 bits per heavy atom. The Labute approximate surface area is 167 Å². The Bertz CT molecular complexity index is 665. The van der Waals surface area contributed by atoms with Gasteiger partial charge in [-0.05, 0) is 54.6 Å². The van der Waals surface area contributed by atoms with Crippen molar-refractivity contribution in [2.75, 3.05) is 13.1 Å². The highest BCUT2D eigenvalue weighted by Crippen LogP contribution is 2.71. The summed E-state index contributed by atoms with van der Waals surface area (Å²) in [5.74, 6) is 0.707. The highest BCUT2D eigenvalue weighted by atomic mass is 32.3. The SMILES string of the molecule is CCN(CC)S1(C(c2ccccc2)C(C)(C)O)C=CC(C2CCCCC2)=C1. The number of hydrogen-bond acceptors (Lipinski definition) is 2. The first-order valence-electron chi connectivity index (χ1n) is 10.7. The average Bonchev–Trinajstić information content (AvgIpc) is 3.09. The van der Waals surface area contributed by atoms with Gasteiger partial charge in [-0.15, -0.1) is 10.2 Å². The zero-order valence-electron chi connectivity index (χ0n) is 17.5. The summed E-state index contributed by atoms with van der Waals surface area (Å²) in [6.07, 6.45) is 9.15. The van der Waals surface area contributed by atoms with E-state index in [0.29, 0.717) is 5.92 Å². The lowest BCUT2D eigenvalue weighted by Gasteiger charge is -2.52. The zero-order valence-corrected chi connectivity index (χ0v) is 18.3. The third-order valence-corrected chi connectivity index (χ3v) is 10.4. The summed E-state index contributed by atoms with van der Waals surface area (Å²) < 4.78 is 2.61. The zero-order chi connectivity index (χ0) is 19.5. The Kier molecular flexibility index (Phi) is 6.55. The minimum atomic E-state index is -1.41. The van der Waals surface area contributed by atoms with E-state index in [0.717, 1.165) is 13.1 Å². The van der Waals surface area contributed by atoms with Gasteiger partial charge in [-0.2, -0.15) is 0 Å². The van der Waals surface area contributed by atoms with Crippen LogP contribution >= 0.6 is 10.2 Å². The van der Waals surface area contributed by atoms with Gasteiger partial charge in [0.15, 0.2) is 0 Å². The number of allylic oxidation sites excluding steroid dienone is 2. The fourth-order valence-electron chi connectivity index (χ4n) is 5.00. The Hall–Kier alpha value is -1.03. The maximum Gasteiger partial charge on any atom is 0.0753 e. The minimum absolute atomic E-state index is 0.0726. The van der Waals surface area contributed by atoms with Gasteiger partial charge in [0.1, 0.15) is 0 Å². The highest BCUT2D eigenvalue weighted by molar-refractivity contribution is 8.36. The summed E-state index contributed by atoms with van der Waals surface area (Å²) in [6, 6.07) is 10.7. The molecular weight excluding hydrogens is 350 g/mol. The fourth-order valence-corrected chi connectivity index (χ4v) is 9.48. The molecule has 150 valence electrons. The van der Waals surface area contributed by atoms with E-state index in [-0.39, 0.29) is 5.25 Å². The van der Waals surface area contributed by atoms with Crippen molar-refractivity contribution in [2.24, 2.45) is 5.92 Å². The molecule has 1 N–H and O–H groups in total. The van der Waals surface area contributed by atoms with E-state index in [1.165, 1.54) is 43.2 Å². The second kappa shape index (κ2) is 8.55. The van der Waals surface area contributed by atoms with Gasteiger partial charge in [-0.25, -0.2) is 0 Å². The number of nitrogens with zero attached hydrogens (tertiary/aromatic N) is 1. The number of hydrogen-bond donors (Lipinski definition) is 1. The van der Waals surface area contributed by atoms with Gasteiger partial charge in [0.05, 0.1) is 10.9 Å². The van der Waals surface area contributed by atoms with E-state index < -0.39 is 15.8 Å².